The Morgan fingerprint density at radius 3 is 2.38 bits per heavy atom. The summed E-state index contributed by atoms with van der Waals surface area (Å²) in [6.45, 7) is 6.91. The molecule has 1 aliphatic heterocycles. The lowest BCUT2D eigenvalue weighted by molar-refractivity contribution is -0.141. The number of likely N-dealkylation sites (tertiary alicyclic amines) is 1. The van der Waals surface area contributed by atoms with Crippen LogP contribution in [0.4, 0.5) is 14.9 Å². The van der Waals surface area contributed by atoms with Gasteiger partial charge in [0, 0.05) is 42.1 Å². The third-order valence-corrected chi connectivity index (χ3v) is 9.70. The molecular formula is C38H49FN4O7. The number of hydrogen-bond donors (Lipinski definition) is 3. The molecule has 3 aromatic rings. The van der Waals surface area contributed by atoms with Gasteiger partial charge in [0.1, 0.15) is 30.6 Å². The average Bonchev–Trinajstić information content (AvgIpc) is 3.74. The van der Waals surface area contributed by atoms with Crippen molar-refractivity contribution in [2.75, 3.05) is 32.3 Å². The van der Waals surface area contributed by atoms with E-state index in [2.05, 4.69) is 15.6 Å². The summed E-state index contributed by atoms with van der Waals surface area (Å²) >= 11 is 0. The summed E-state index contributed by atoms with van der Waals surface area (Å²) in [6.07, 6.45) is 1.98. The number of anilines is 1. The average molecular weight is 693 g/mol. The first-order valence-electron chi connectivity index (χ1n) is 17.4. The second-order valence-electron chi connectivity index (χ2n) is 14.4. The van der Waals surface area contributed by atoms with Crippen LogP contribution >= 0.6 is 0 Å². The Bertz CT molecular complexity index is 1650. The van der Waals surface area contributed by atoms with Gasteiger partial charge in [0.25, 0.3) is 0 Å². The van der Waals surface area contributed by atoms with Crippen LogP contribution in [0, 0.1) is 11.8 Å². The number of halogens is 1. The molecule has 0 spiro atoms. The summed E-state index contributed by atoms with van der Waals surface area (Å²) in [7, 11) is 1.55. The molecule has 1 saturated carbocycles. The Balaban J connectivity index is 1.27. The Kier molecular flexibility index (Phi) is 11.8. The van der Waals surface area contributed by atoms with Crippen molar-refractivity contribution in [1.29, 1.82) is 0 Å². The van der Waals surface area contributed by atoms with E-state index in [1.54, 1.807) is 64.0 Å². The van der Waals surface area contributed by atoms with Crippen molar-refractivity contribution >= 4 is 40.5 Å². The first kappa shape index (κ1) is 36.8. The van der Waals surface area contributed by atoms with Crippen molar-refractivity contribution in [3.8, 4) is 0 Å². The highest BCUT2D eigenvalue weighted by atomic mass is 19.1. The molecule has 3 N–H and O–H groups in total. The van der Waals surface area contributed by atoms with Crippen molar-refractivity contribution < 1.29 is 37.8 Å². The third-order valence-electron chi connectivity index (χ3n) is 9.70. The van der Waals surface area contributed by atoms with Crippen LogP contribution in [0.25, 0.3) is 10.9 Å². The Morgan fingerprint density at radius 2 is 1.72 bits per heavy atom. The number of methoxy groups -OCH3 is 1. The van der Waals surface area contributed by atoms with Crippen molar-refractivity contribution in [3.63, 3.8) is 0 Å². The van der Waals surface area contributed by atoms with Crippen LogP contribution in [0.15, 0.2) is 54.6 Å². The Hall–Kier alpha value is -4.45. The zero-order valence-corrected chi connectivity index (χ0v) is 29.5. The fourth-order valence-electron chi connectivity index (χ4n) is 7.03. The van der Waals surface area contributed by atoms with Gasteiger partial charge in [-0.1, -0.05) is 30.3 Å². The van der Waals surface area contributed by atoms with Gasteiger partial charge < -0.3 is 34.7 Å². The molecule has 4 atom stereocenters. The normalized spacial score (nSPS) is 22.1. The molecule has 0 radical (unpaired) electrons. The van der Waals surface area contributed by atoms with Crippen molar-refractivity contribution in [2.45, 2.75) is 89.5 Å². The molecule has 1 aliphatic carbocycles. The number of amides is 3. The van der Waals surface area contributed by atoms with E-state index >= 15 is 0 Å². The summed E-state index contributed by atoms with van der Waals surface area (Å²) in [4.78, 5) is 57.9. The number of carbonyl (C=O) groups excluding carboxylic acids is 4. The van der Waals surface area contributed by atoms with Gasteiger partial charge in [-0.2, -0.15) is 0 Å². The number of hydrogen-bond acceptors (Lipinski definition) is 7. The Morgan fingerprint density at radius 1 is 1.00 bits per heavy atom. The molecule has 0 bridgehead atoms. The number of aromatic nitrogens is 1. The highest BCUT2D eigenvalue weighted by Gasteiger charge is 2.45. The summed E-state index contributed by atoms with van der Waals surface area (Å²) in [5.41, 5.74) is 1.83. The fraction of sp³-hybridized carbons (Fsp3) is 0.526. The zero-order valence-electron chi connectivity index (χ0n) is 29.5. The molecule has 2 aromatic carbocycles. The topological polar surface area (TPSA) is 139 Å². The zero-order chi connectivity index (χ0) is 36.0. The number of alkyl halides is 1. The number of aromatic amines is 1. The second-order valence-corrected chi connectivity index (χ2v) is 14.4. The maximum atomic E-state index is 14.1. The minimum atomic E-state index is -0.731. The molecule has 1 saturated heterocycles. The lowest BCUT2D eigenvalue weighted by Gasteiger charge is -2.36. The number of esters is 1. The van der Waals surface area contributed by atoms with E-state index < -0.39 is 36.4 Å². The van der Waals surface area contributed by atoms with Crippen molar-refractivity contribution in [2.24, 2.45) is 11.8 Å². The van der Waals surface area contributed by atoms with Crippen LogP contribution in [0.2, 0.25) is 0 Å². The predicted molar refractivity (Wildman–Crippen MR) is 188 cm³/mol. The molecule has 3 amide bonds. The number of nitrogens with zero attached hydrogens (tertiary/aromatic N) is 1. The standard InChI is InChI=1S/C38H49FN4O7/c1-23(48-5)22-49-36(46)31-20-27-19-28(15-16-30(27)41-31)40-34(44)33-29(24-9-7-6-8-10-24)17-18-43(33)35(45)26-13-11-25(12-14-26)32(21-39)42-37(47)50-38(2,3)4/h6-10,15-16,19-20,23,25-26,29,32-33,41H,11-14,17-18,21-22H2,1-5H3,(H,40,44)(H,42,47)/t23-,25?,26?,29+,32+,33+/m0/s1. The van der Waals surface area contributed by atoms with E-state index in [9.17, 15) is 23.6 Å². The molecule has 5 rings (SSSR count). The summed E-state index contributed by atoms with van der Waals surface area (Å²) < 4.78 is 29.8. The number of carbonyl (C=O) groups is 4. The molecule has 2 fully saturated rings. The van der Waals surface area contributed by atoms with Gasteiger partial charge in [0.15, 0.2) is 0 Å². The fourth-order valence-corrected chi connectivity index (χ4v) is 7.03. The summed E-state index contributed by atoms with van der Waals surface area (Å²) in [5, 5.41) is 6.44. The number of fused-ring (bicyclic) bond motifs is 1. The summed E-state index contributed by atoms with van der Waals surface area (Å²) in [5.74, 6) is -1.50. The summed E-state index contributed by atoms with van der Waals surface area (Å²) in [6, 6.07) is 15.3. The lowest BCUT2D eigenvalue weighted by atomic mass is 9.78. The SMILES string of the molecule is CO[C@@H](C)COC(=O)c1cc2cc(NC(=O)[C@H]3[C@@H](c4ccccc4)CCN3C(=O)C3CCC([C@@H](CF)NC(=O)OC(C)(C)C)CC3)ccc2[nH]1. The van der Waals surface area contributed by atoms with Crippen molar-refractivity contribution in [1.82, 2.24) is 15.2 Å². The minimum Gasteiger partial charge on any atom is -0.458 e. The van der Waals surface area contributed by atoms with E-state index in [1.165, 1.54) is 0 Å². The van der Waals surface area contributed by atoms with Gasteiger partial charge >= 0.3 is 12.1 Å². The number of rotatable bonds is 11. The molecule has 270 valence electrons. The van der Waals surface area contributed by atoms with Crippen LogP contribution < -0.4 is 10.6 Å². The quantitative estimate of drug-likeness (QED) is 0.199. The third kappa shape index (κ3) is 9.01. The van der Waals surface area contributed by atoms with Gasteiger partial charge in [-0.3, -0.25) is 9.59 Å². The van der Waals surface area contributed by atoms with Gasteiger partial charge in [-0.25, -0.2) is 14.0 Å². The molecule has 11 nitrogen and oxygen atoms in total. The van der Waals surface area contributed by atoms with Crippen LogP contribution in [0.3, 0.4) is 0 Å². The van der Waals surface area contributed by atoms with Crippen LogP contribution in [-0.2, 0) is 23.8 Å². The monoisotopic (exact) mass is 692 g/mol. The van der Waals surface area contributed by atoms with Gasteiger partial charge in [0.05, 0.1) is 12.1 Å². The van der Waals surface area contributed by atoms with E-state index in [-0.39, 0.29) is 48.0 Å². The molecule has 2 aliphatic rings. The first-order chi connectivity index (χ1) is 23.9. The predicted octanol–water partition coefficient (Wildman–Crippen LogP) is 6.35. The number of H-pyrrole nitrogens is 1. The lowest BCUT2D eigenvalue weighted by Crippen LogP contribution is -2.49. The molecule has 2 heterocycles. The minimum absolute atomic E-state index is 0.0778. The van der Waals surface area contributed by atoms with Crippen molar-refractivity contribution in [3.05, 3.63) is 65.9 Å². The van der Waals surface area contributed by atoms with E-state index in [4.69, 9.17) is 14.2 Å². The maximum absolute atomic E-state index is 14.1. The van der Waals surface area contributed by atoms with E-state index in [0.29, 0.717) is 49.9 Å². The highest BCUT2D eigenvalue weighted by molar-refractivity contribution is 6.01. The molecule has 50 heavy (non-hydrogen) atoms. The van der Waals surface area contributed by atoms with Gasteiger partial charge in [-0.05, 0) is 95.5 Å². The van der Waals surface area contributed by atoms with Gasteiger partial charge in [0.2, 0.25) is 11.8 Å². The van der Waals surface area contributed by atoms with Crippen LogP contribution in [-0.4, -0.2) is 84.5 Å². The smallest absolute Gasteiger partial charge is 0.407 e. The first-order valence-corrected chi connectivity index (χ1v) is 17.4. The Labute approximate surface area is 292 Å². The largest absolute Gasteiger partial charge is 0.458 e. The van der Waals surface area contributed by atoms with E-state index in [1.807, 2.05) is 30.3 Å². The molecule has 12 heteroatoms. The number of benzene rings is 2. The number of nitrogens with one attached hydrogen (secondary N) is 3. The number of ether oxygens (including phenoxy) is 3. The number of alkyl carbamates (subject to hydrolysis) is 1. The maximum Gasteiger partial charge on any atom is 0.407 e. The van der Waals surface area contributed by atoms with E-state index in [0.717, 1.165) is 10.9 Å². The molecule has 0 unspecified atom stereocenters. The highest BCUT2D eigenvalue weighted by Crippen LogP contribution is 2.39. The van der Waals surface area contributed by atoms with Crippen LogP contribution in [0.5, 0.6) is 0 Å². The second kappa shape index (κ2) is 16.1. The molecular weight excluding hydrogens is 643 g/mol. The molecule has 1 aromatic heterocycles. The van der Waals surface area contributed by atoms with Gasteiger partial charge in [-0.15, -0.1) is 0 Å². The van der Waals surface area contributed by atoms with Crippen LogP contribution in [0.1, 0.15) is 81.8 Å².